The summed E-state index contributed by atoms with van der Waals surface area (Å²) in [6.45, 7) is 3.48. The van der Waals surface area contributed by atoms with Crippen molar-refractivity contribution in [3.63, 3.8) is 0 Å². The van der Waals surface area contributed by atoms with Gasteiger partial charge >= 0.3 is 0 Å². The fourth-order valence-electron chi connectivity index (χ4n) is 3.85. The molecule has 0 aromatic heterocycles. The number of halogens is 1. The molecule has 30 heavy (non-hydrogen) atoms. The van der Waals surface area contributed by atoms with Crippen LogP contribution in [0.1, 0.15) is 29.7 Å². The second kappa shape index (κ2) is 7.34. The molecular weight excluding hydrogens is 403 g/mol. The van der Waals surface area contributed by atoms with E-state index in [9.17, 15) is 17.6 Å². The van der Waals surface area contributed by atoms with Gasteiger partial charge < -0.3 is 5.32 Å². The second-order valence-corrected chi connectivity index (χ2v) is 9.30. The maximum atomic E-state index is 14.8. The van der Waals surface area contributed by atoms with Crippen molar-refractivity contribution in [1.29, 1.82) is 0 Å². The van der Waals surface area contributed by atoms with Gasteiger partial charge in [-0.2, -0.15) is 0 Å². The second-order valence-electron chi connectivity index (χ2n) is 7.59. The van der Waals surface area contributed by atoms with E-state index in [4.69, 9.17) is 0 Å². The van der Waals surface area contributed by atoms with E-state index < -0.39 is 33.2 Å². The first-order chi connectivity index (χ1) is 14.2. The molecule has 1 aliphatic heterocycles. The standard InChI is InChI=1S/C23H21FN2O3S/c1-15-11-13-16(14-12-15)30(28,29)26-21(17-7-3-5-9-19(17)24)23(2)18-8-4-6-10-20(18)25-22(23)27/h3-14,21,26H,1-2H3,(H,25,27)/t21-,23?/m1/s1. The number of hydrogen-bond donors (Lipinski definition) is 2. The van der Waals surface area contributed by atoms with E-state index in [1.165, 1.54) is 30.3 Å². The van der Waals surface area contributed by atoms with Crippen molar-refractivity contribution < 1.29 is 17.6 Å². The maximum absolute atomic E-state index is 14.8. The molecule has 4 rings (SSSR count). The van der Waals surface area contributed by atoms with Crippen LogP contribution in [0.4, 0.5) is 10.1 Å². The largest absolute Gasteiger partial charge is 0.325 e. The number of nitrogens with one attached hydrogen (secondary N) is 2. The Labute approximate surface area is 175 Å². The molecule has 0 saturated carbocycles. The third-order valence-corrected chi connectivity index (χ3v) is 7.04. The zero-order chi connectivity index (χ0) is 21.5. The highest BCUT2D eigenvalue weighted by molar-refractivity contribution is 7.89. The molecule has 3 aromatic carbocycles. The highest BCUT2D eigenvalue weighted by atomic mass is 32.2. The molecule has 1 amide bonds. The zero-order valence-electron chi connectivity index (χ0n) is 16.5. The van der Waals surface area contributed by atoms with E-state index in [2.05, 4.69) is 10.0 Å². The number of para-hydroxylation sites is 1. The summed E-state index contributed by atoms with van der Waals surface area (Å²) in [5, 5.41) is 2.79. The average Bonchev–Trinajstić information content (AvgIpc) is 2.98. The molecule has 0 aliphatic carbocycles. The molecule has 0 bridgehead atoms. The topological polar surface area (TPSA) is 75.3 Å². The molecule has 3 aromatic rings. The Bertz CT molecular complexity index is 1230. The zero-order valence-corrected chi connectivity index (χ0v) is 17.3. The summed E-state index contributed by atoms with van der Waals surface area (Å²) >= 11 is 0. The van der Waals surface area contributed by atoms with Gasteiger partial charge in [-0.15, -0.1) is 0 Å². The number of carbonyl (C=O) groups is 1. The summed E-state index contributed by atoms with van der Waals surface area (Å²) in [4.78, 5) is 13.1. The van der Waals surface area contributed by atoms with Crippen molar-refractivity contribution >= 4 is 21.6 Å². The van der Waals surface area contributed by atoms with Crippen LogP contribution in [0.2, 0.25) is 0 Å². The van der Waals surface area contributed by atoms with E-state index in [-0.39, 0.29) is 10.5 Å². The molecule has 1 heterocycles. The number of benzene rings is 3. The van der Waals surface area contributed by atoms with Crippen molar-refractivity contribution in [2.75, 3.05) is 5.32 Å². The molecule has 0 saturated heterocycles. The molecule has 7 heteroatoms. The lowest BCUT2D eigenvalue weighted by molar-refractivity contribution is -0.121. The molecule has 0 fully saturated rings. The van der Waals surface area contributed by atoms with Crippen LogP contribution in [0.5, 0.6) is 0 Å². The molecule has 2 atom stereocenters. The Hall–Kier alpha value is -3.03. The van der Waals surface area contributed by atoms with Crippen LogP contribution in [-0.2, 0) is 20.2 Å². The van der Waals surface area contributed by atoms with E-state index in [0.717, 1.165) is 5.56 Å². The van der Waals surface area contributed by atoms with Gasteiger partial charge in [0.25, 0.3) is 0 Å². The molecule has 2 N–H and O–H groups in total. The summed E-state index contributed by atoms with van der Waals surface area (Å²) < 4.78 is 43.8. The third-order valence-electron chi connectivity index (χ3n) is 5.60. The van der Waals surface area contributed by atoms with Gasteiger partial charge in [0.05, 0.1) is 16.4 Å². The van der Waals surface area contributed by atoms with Crippen molar-refractivity contribution in [3.8, 4) is 0 Å². The number of hydrogen-bond acceptors (Lipinski definition) is 3. The number of fused-ring (bicyclic) bond motifs is 1. The van der Waals surface area contributed by atoms with Crippen molar-refractivity contribution in [1.82, 2.24) is 4.72 Å². The number of aryl methyl sites for hydroxylation is 1. The van der Waals surface area contributed by atoms with E-state index in [0.29, 0.717) is 11.3 Å². The highest BCUT2D eigenvalue weighted by Gasteiger charge is 2.51. The first kappa shape index (κ1) is 20.3. The molecule has 1 aliphatic rings. The van der Waals surface area contributed by atoms with Gasteiger partial charge in [0, 0.05) is 11.3 Å². The number of anilines is 1. The number of amides is 1. The minimum absolute atomic E-state index is 0.0460. The fourth-order valence-corrected chi connectivity index (χ4v) is 5.15. The van der Waals surface area contributed by atoms with Gasteiger partial charge in [-0.3, -0.25) is 4.79 Å². The number of sulfonamides is 1. The Morgan fingerprint density at radius 2 is 1.60 bits per heavy atom. The number of rotatable bonds is 5. The highest BCUT2D eigenvalue weighted by Crippen LogP contribution is 2.46. The van der Waals surface area contributed by atoms with Crippen LogP contribution in [-0.4, -0.2) is 14.3 Å². The lowest BCUT2D eigenvalue weighted by Gasteiger charge is -2.33. The lowest BCUT2D eigenvalue weighted by atomic mass is 9.74. The molecule has 1 unspecified atom stereocenters. The summed E-state index contributed by atoms with van der Waals surface area (Å²) in [6, 6.07) is 18.1. The van der Waals surface area contributed by atoms with Crippen LogP contribution in [0.3, 0.4) is 0 Å². The monoisotopic (exact) mass is 424 g/mol. The Morgan fingerprint density at radius 1 is 0.967 bits per heavy atom. The van der Waals surface area contributed by atoms with Gasteiger partial charge in [0.2, 0.25) is 15.9 Å². The predicted octanol–water partition coefficient (Wildman–Crippen LogP) is 4.06. The van der Waals surface area contributed by atoms with E-state index >= 15 is 0 Å². The van der Waals surface area contributed by atoms with Crippen LogP contribution in [0.25, 0.3) is 0 Å². The Kier molecular flexibility index (Phi) is 4.95. The fraction of sp³-hybridized carbons (Fsp3) is 0.174. The summed E-state index contributed by atoms with van der Waals surface area (Å²) in [6.07, 6.45) is 0. The van der Waals surface area contributed by atoms with Crippen molar-refractivity contribution in [3.05, 3.63) is 95.3 Å². The number of carbonyl (C=O) groups excluding carboxylic acids is 1. The quantitative estimate of drug-likeness (QED) is 0.649. The summed E-state index contributed by atoms with van der Waals surface area (Å²) in [5.74, 6) is -0.990. The Morgan fingerprint density at radius 3 is 2.30 bits per heavy atom. The van der Waals surface area contributed by atoms with Gasteiger partial charge in [-0.25, -0.2) is 17.5 Å². The Balaban J connectivity index is 1.88. The van der Waals surface area contributed by atoms with E-state index in [1.807, 2.05) is 6.92 Å². The molecule has 0 spiro atoms. The third kappa shape index (κ3) is 3.30. The molecule has 0 radical (unpaired) electrons. The molecule has 5 nitrogen and oxygen atoms in total. The molecule has 154 valence electrons. The van der Waals surface area contributed by atoms with Gasteiger partial charge in [-0.05, 0) is 43.7 Å². The summed E-state index contributed by atoms with van der Waals surface area (Å²) in [7, 11) is -4.04. The smallest absolute Gasteiger partial charge is 0.241 e. The van der Waals surface area contributed by atoms with Crippen LogP contribution >= 0.6 is 0 Å². The van der Waals surface area contributed by atoms with Crippen molar-refractivity contribution in [2.24, 2.45) is 0 Å². The maximum Gasteiger partial charge on any atom is 0.241 e. The normalized spacial score (nSPS) is 19.2. The summed E-state index contributed by atoms with van der Waals surface area (Å²) in [5.41, 5.74) is 0.852. The van der Waals surface area contributed by atoms with E-state index in [1.54, 1.807) is 49.4 Å². The van der Waals surface area contributed by atoms with Crippen molar-refractivity contribution in [2.45, 2.75) is 30.2 Å². The molecular formula is C23H21FN2O3S. The van der Waals surface area contributed by atoms with Crippen LogP contribution in [0.15, 0.2) is 77.7 Å². The minimum Gasteiger partial charge on any atom is -0.325 e. The minimum atomic E-state index is -4.04. The first-order valence-electron chi connectivity index (χ1n) is 9.48. The average molecular weight is 424 g/mol. The predicted molar refractivity (Wildman–Crippen MR) is 113 cm³/mol. The van der Waals surface area contributed by atoms with Gasteiger partial charge in [0.15, 0.2) is 0 Å². The SMILES string of the molecule is Cc1ccc(S(=O)(=O)N[C@H](c2ccccc2F)C2(C)C(=O)Nc3ccccc32)cc1. The van der Waals surface area contributed by atoms with Gasteiger partial charge in [-0.1, -0.05) is 54.1 Å². The van der Waals surface area contributed by atoms with Crippen LogP contribution < -0.4 is 10.0 Å². The van der Waals surface area contributed by atoms with Gasteiger partial charge in [0.1, 0.15) is 5.82 Å². The lowest BCUT2D eigenvalue weighted by Crippen LogP contribution is -2.46. The first-order valence-corrected chi connectivity index (χ1v) is 11.0. The van der Waals surface area contributed by atoms with Crippen LogP contribution in [0, 0.1) is 12.7 Å².